The second-order valence-electron chi connectivity index (χ2n) is 1.24. The molecule has 1 rings (SSSR count). The Morgan fingerprint density at radius 2 is 2.44 bits per heavy atom. The summed E-state index contributed by atoms with van der Waals surface area (Å²) in [6.45, 7) is 0. The van der Waals surface area contributed by atoms with Gasteiger partial charge in [-0.2, -0.15) is 0 Å². The van der Waals surface area contributed by atoms with E-state index < -0.39 is 5.97 Å². The largest absolute Gasteiger partial charge is 0.475 e. The van der Waals surface area contributed by atoms with Gasteiger partial charge in [0, 0.05) is 31.9 Å². The molecule has 0 amide bonds. The molecule has 0 saturated carbocycles. The Bertz CT molecular complexity index is 184. The van der Waals surface area contributed by atoms with Crippen LogP contribution in [-0.2, 0) is 19.5 Å². The van der Waals surface area contributed by atoms with Gasteiger partial charge in [-0.25, -0.2) is 9.78 Å². The standard InChI is InChI=1S/C4H4N2O2.Zn/c7-4(8)3-5-1-2-6-3;/h1-2H,(H,5,6)(H,7,8);. The molecule has 0 radical (unpaired) electrons. The van der Waals surface area contributed by atoms with Gasteiger partial charge in [0.05, 0.1) is 0 Å². The number of aromatic nitrogens is 2. The monoisotopic (exact) mass is 176 g/mol. The van der Waals surface area contributed by atoms with E-state index in [-0.39, 0.29) is 25.3 Å². The Morgan fingerprint density at radius 1 is 1.78 bits per heavy atom. The maximum atomic E-state index is 9.97. The average Bonchev–Trinajstić information content (AvgIpc) is 2.12. The van der Waals surface area contributed by atoms with Gasteiger partial charge in [-0.05, 0) is 0 Å². The molecule has 0 saturated heterocycles. The van der Waals surface area contributed by atoms with E-state index in [9.17, 15) is 4.79 Å². The summed E-state index contributed by atoms with van der Waals surface area (Å²) in [5, 5.41) is 8.18. The number of rotatable bonds is 1. The van der Waals surface area contributed by atoms with Crippen LogP contribution in [0.15, 0.2) is 12.4 Å². The molecular weight excluding hydrogens is 173 g/mol. The second-order valence-corrected chi connectivity index (χ2v) is 1.24. The third-order valence-corrected chi connectivity index (χ3v) is 0.701. The van der Waals surface area contributed by atoms with E-state index in [4.69, 9.17) is 5.11 Å². The van der Waals surface area contributed by atoms with Crippen LogP contribution >= 0.6 is 0 Å². The summed E-state index contributed by atoms with van der Waals surface area (Å²) in [6.07, 6.45) is 2.85. The molecule has 2 N–H and O–H groups in total. The van der Waals surface area contributed by atoms with E-state index in [0.29, 0.717) is 0 Å². The number of aromatic carboxylic acids is 1. The summed E-state index contributed by atoms with van der Waals surface area (Å²) in [4.78, 5) is 15.9. The molecule has 0 aromatic carbocycles. The smallest absolute Gasteiger partial charge is 0.371 e. The molecule has 0 aliphatic heterocycles. The van der Waals surface area contributed by atoms with Crippen LogP contribution < -0.4 is 0 Å². The van der Waals surface area contributed by atoms with Crippen molar-refractivity contribution in [1.29, 1.82) is 0 Å². The Balaban J connectivity index is 0.000000640. The molecule has 5 heteroatoms. The Hall–Kier alpha value is -0.697. The zero-order valence-corrected chi connectivity index (χ0v) is 7.63. The van der Waals surface area contributed by atoms with Crippen LogP contribution in [0, 0.1) is 0 Å². The van der Waals surface area contributed by atoms with Gasteiger partial charge in [-0.15, -0.1) is 0 Å². The normalized spacial score (nSPS) is 8.00. The molecule has 0 aliphatic rings. The fourth-order valence-corrected chi connectivity index (χ4v) is 0.382. The van der Waals surface area contributed by atoms with Crippen LogP contribution in [0.3, 0.4) is 0 Å². The van der Waals surface area contributed by atoms with Crippen molar-refractivity contribution in [3.8, 4) is 0 Å². The molecule has 4 nitrogen and oxygen atoms in total. The summed E-state index contributed by atoms with van der Waals surface area (Å²) >= 11 is 0. The van der Waals surface area contributed by atoms with Gasteiger partial charge in [0.25, 0.3) is 0 Å². The Labute approximate surface area is 64.1 Å². The number of nitrogens with one attached hydrogen (secondary N) is 1. The van der Waals surface area contributed by atoms with Crippen molar-refractivity contribution < 1.29 is 29.4 Å². The number of H-pyrrole nitrogens is 1. The summed E-state index contributed by atoms with van der Waals surface area (Å²) < 4.78 is 0. The van der Waals surface area contributed by atoms with Crippen LogP contribution in [0.5, 0.6) is 0 Å². The van der Waals surface area contributed by atoms with Crippen molar-refractivity contribution in [1.82, 2.24) is 9.97 Å². The van der Waals surface area contributed by atoms with Gasteiger partial charge in [-0.3, -0.25) is 0 Å². The summed E-state index contributed by atoms with van der Waals surface area (Å²) in [5.74, 6) is -1.06. The number of aromatic amines is 1. The zero-order valence-electron chi connectivity index (χ0n) is 4.66. The summed E-state index contributed by atoms with van der Waals surface area (Å²) in [7, 11) is 0. The minimum atomic E-state index is -1.03. The van der Waals surface area contributed by atoms with Crippen molar-refractivity contribution in [2.24, 2.45) is 0 Å². The van der Waals surface area contributed by atoms with Crippen molar-refractivity contribution in [3.63, 3.8) is 0 Å². The van der Waals surface area contributed by atoms with Crippen LogP contribution in [0.2, 0.25) is 0 Å². The van der Waals surface area contributed by atoms with Crippen molar-refractivity contribution in [2.45, 2.75) is 0 Å². The van der Waals surface area contributed by atoms with Crippen LogP contribution in [0.25, 0.3) is 0 Å². The SMILES string of the molecule is O=C(O)c1ncc[nH]1.[Zn]. The molecular formula is C4H4N2O2Zn. The first-order valence-corrected chi connectivity index (χ1v) is 2.03. The van der Waals surface area contributed by atoms with Crippen LogP contribution in [0.1, 0.15) is 10.6 Å². The van der Waals surface area contributed by atoms with Crippen LogP contribution in [-0.4, -0.2) is 21.0 Å². The Morgan fingerprint density at radius 3 is 2.67 bits per heavy atom. The topological polar surface area (TPSA) is 66.0 Å². The van der Waals surface area contributed by atoms with Crippen molar-refractivity contribution >= 4 is 5.97 Å². The van der Waals surface area contributed by atoms with Gasteiger partial charge >= 0.3 is 5.97 Å². The van der Waals surface area contributed by atoms with Crippen molar-refractivity contribution in [2.75, 3.05) is 0 Å². The van der Waals surface area contributed by atoms with E-state index in [0.717, 1.165) is 0 Å². The van der Waals surface area contributed by atoms with E-state index in [1.165, 1.54) is 12.4 Å². The Kier molecular flexibility index (Phi) is 3.09. The number of carbonyl (C=O) groups is 1. The molecule has 0 aliphatic carbocycles. The van der Waals surface area contributed by atoms with E-state index >= 15 is 0 Å². The number of imidazole rings is 1. The fraction of sp³-hybridized carbons (Fsp3) is 0. The first-order valence-electron chi connectivity index (χ1n) is 2.03. The molecule has 1 aromatic heterocycles. The molecule has 0 fully saturated rings. The van der Waals surface area contributed by atoms with Gasteiger partial charge in [0.2, 0.25) is 5.82 Å². The number of hydrogen-bond acceptors (Lipinski definition) is 2. The van der Waals surface area contributed by atoms with E-state index in [2.05, 4.69) is 9.97 Å². The molecule has 9 heavy (non-hydrogen) atoms. The van der Waals surface area contributed by atoms with Crippen molar-refractivity contribution in [3.05, 3.63) is 18.2 Å². The first-order chi connectivity index (χ1) is 3.80. The average molecular weight is 177 g/mol. The predicted molar refractivity (Wildman–Crippen MR) is 25.5 cm³/mol. The number of nitrogens with zero attached hydrogens (tertiary/aromatic N) is 1. The second kappa shape index (κ2) is 3.35. The molecule has 1 aromatic rings. The fourth-order valence-electron chi connectivity index (χ4n) is 0.382. The predicted octanol–water partition coefficient (Wildman–Crippen LogP) is 0.105. The van der Waals surface area contributed by atoms with Gasteiger partial charge in [0.15, 0.2) is 0 Å². The summed E-state index contributed by atoms with van der Waals surface area (Å²) in [6, 6.07) is 0. The van der Waals surface area contributed by atoms with Gasteiger partial charge in [-0.1, -0.05) is 0 Å². The number of hydrogen-bond donors (Lipinski definition) is 2. The molecule has 0 bridgehead atoms. The van der Waals surface area contributed by atoms with Gasteiger partial charge in [0.1, 0.15) is 0 Å². The minimum Gasteiger partial charge on any atom is -0.475 e. The third kappa shape index (κ3) is 1.93. The maximum Gasteiger partial charge on any atom is 0.371 e. The maximum absolute atomic E-state index is 9.97. The molecule has 0 spiro atoms. The minimum absolute atomic E-state index is 0. The molecule has 0 atom stereocenters. The quantitative estimate of drug-likeness (QED) is 0.598. The zero-order chi connectivity index (χ0) is 5.98. The summed E-state index contributed by atoms with van der Waals surface area (Å²) in [5.41, 5.74) is 0. The third-order valence-electron chi connectivity index (χ3n) is 0.701. The number of carboxylic acids is 1. The first kappa shape index (κ1) is 8.30. The van der Waals surface area contributed by atoms with E-state index in [1.54, 1.807) is 0 Å². The molecule has 1 heterocycles. The molecule has 44 valence electrons. The molecule has 0 unspecified atom stereocenters. The number of carboxylic acid groups (broad SMARTS) is 1. The van der Waals surface area contributed by atoms with Gasteiger partial charge < -0.3 is 10.1 Å². The van der Waals surface area contributed by atoms with Crippen LogP contribution in [0.4, 0.5) is 0 Å². The van der Waals surface area contributed by atoms with E-state index in [1.807, 2.05) is 0 Å².